The van der Waals surface area contributed by atoms with Gasteiger partial charge in [-0.25, -0.2) is 4.98 Å². The van der Waals surface area contributed by atoms with Gasteiger partial charge in [0.25, 0.3) is 0 Å². The minimum Gasteiger partial charge on any atom is -0.432 e. The smallest absolute Gasteiger partial charge is 0.373 e. The van der Waals surface area contributed by atoms with E-state index in [-0.39, 0.29) is 17.4 Å². The van der Waals surface area contributed by atoms with Crippen molar-refractivity contribution in [3.8, 4) is 11.6 Å². The van der Waals surface area contributed by atoms with Gasteiger partial charge in [-0.2, -0.15) is 4.98 Å². The Kier molecular flexibility index (Phi) is 4.51. The van der Waals surface area contributed by atoms with E-state index in [2.05, 4.69) is 20.3 Å². The second-order valence-electron chi connectivity index (χ2n) is 5.35. The van der Waals surface area contributed by atoms with Crippen molar-refractivity contribution in [3.63, 3.8) is 0 Å². The molecular weight excluding hydrogens is 322 g/mol. The summed E-state index contributed by atoms with van der Waals surface area (Å²) in [6.07, 6.45) is 4.23. The number of anilines is 2. The summed E-state index contributed by atoms with van der Waals surface area (Å²) in [4.78, 5) is 22.7. The topological polar surface area (TPSA) is 103 Å². The Balaban J connectivity index is 1.97. The molecule has 0 radical (unpaired) electrons. The number of hydrogen-bond acceptors (Lipinski definition) is 7. The zero-order valence-corrected chi connectivity index (χ0v) is 13.6. The maximum absolute atomic E-state index is 11.5. The molecule has 0 unspecified atom stereocenters. The molecule has 25 heavy (non-hydrogen) atoms. The van der Waals surface area contributed by atoms with Crippen molar-refractivity contribution in [1.82, 2.24) is 15.0 Å². The van der Waals surface area contributed by atoms with Crippen LogP contribution in [-0.4, -0.2) is 19.9 Å². The fraction of sp³-hybridized carbons (Fsp3) is 0.118. The average Bonchev–Trinajstić information content (AvgIpc) is 2.59. The molecule has 0 aliphatic carbocycles. The van der Waals surface area contributed by atoms with Gasteiger partial charge in [-0.15, -0.1) is 0 Å². The predicted molar refractivity (Wildman–Crippen MR) is 92.2 cm³/mol. The van der Waals surface area contributed by atoms with Crippen molar-refractivity contribution in [1.29, 1.82) is 0 Å². The quantitative estimate of drug-likeness (QED) is 0.555. The molecule has 0 spiro atoms. The highest BCUT2D eigenvalue weighted by Crippen LogP contribution is 2.35. The standard InChI is InChI=1S/C17H15N5O3/c1-11-5-6-13(8-12(11)2)21-16-15(22(23)24)17(20-10-19-16)25-14-4-3-7-18-9-14/h3-10H,1-2H3,(H,19,20,21). The van der Waals surface area contributed by atoms with Crippen LogP contribution in [-0.2, 0) is 0 Å². The van der Waals surface area contributed by atoms with E-state index in [9.17, 15) is 10.1 Å². The molecule has 3 rings (SSSR count). The van der Waals surface area contributed by atoms with Crippen LogP contribution in [0, 0.1) is 24.0 Å². The lowest BCUT2D eigenvalue weighted by atomic mass is 10.1. The van der Waals surface area contributed by atoms with E-state index in [1.165, 1.54) is 12.5 Å². The third-order valence-corrected chi connectivity index (χ3v) is 3.59. The summed E-state index contributed by atoms with van der Waals surface area (Å²) in [7, 11) is 0. The van der Waals surface area contributed by atoms with Gasteiger partial charge in [0, 0.05) is 11.9 Å². The second-order valence-corrected chi connectivity index (χ2v) is 5.35. The lowest BCUT2D eigenvalue weighted by molar-refractivity contribution is -0.385. The number of aryl methyl sites for hydroxylation is 2. The van der Waals surface area contributed by atoms with Gasteiger partial charge in [-0.05, 0) is 49.2 Å². The Morgan fingerprint density at radius 3 is 2.68 bits per heavy atom. The lowest BCUT2D eigenvalue weighted by Gasteiger charge is -2.10. The second kappa shape index (κ2) is 6.91. The summed E-state index contributed by atoms with van der Waals surface area (Å²) in [6.45, 7) is 3.96. The van der Waals surface area contributed by atoms with E-state index in [0.717, 1.165) is 11.1 Å². The molecule has 0 saturated heterocycles. The summed E-state index contributed by atoms with van der Waals surface area (Å²) in [5.41, 5.74) is 2.54. The number of ether oxygens (including phenoxy) is 1. The first-order valence-electron chi connectivity index (χ1n) is 7.46. The first kappa shape index (κ1) is 16.3. The number of nitro groups is 1. The summed E-state index contributed by atoms with van der Waals surface area (Å²) in [5.74, 6) is 0.253. The molecule has 0 aliphatic rings. The molecule has 1 aromatic carbocycles. The van der Waals surface area contributed by atoms with Crippen LogP contribution in [0.15, 0.2) is 49.1 Å². The highest BCUT2D eigenvalue weighted by Gasteiger charge is 2.25. The largest absolute Gasteiger partial charge is 0.432 e. The number of hydrogen-bond donors (Lipinski definition) is 1. The first-order chi connectivity index (χ1) is 12.0. The Hall–Kier alpha value is -3.55. The Morgan fingerprint density at radius 1 is 1.16 bits per heavy atom. The molecule has 0 fully saturated rings. The van der Waals surface area contributed by atoms with E-state index >= 15 is 0 Å². The molecule has 1 N–H and O–H groups in total. The number of aromatic nitrogens is 3. The van der Waals surface area contributed by atoms with E-state index in [0.29, 0.717) is 11.4 Å². The van der Waals surface area contributed by atoms with Gasteiger partial charge in [0.15, 0.2) is 0 Å². The Morgan fingerprint density at radius 2 is 2.00 bits per heavy atom. The highest BCUT2D eigenvalue weighted by molar-refractivity contribution is 5.69. The van der Waals surface area contributed by atoms with E-state index in [1.807, 2.05) is 32.0 Å². The van der Waals surface area contributed by atoms with Crippen molar-refractivity contribution in [2.45, 2.75) is 13.8 Å². The van der Waals surface area contributed by atoms with Crippen molar-refractivity contribution < 1.29 is 9.66 Å². The van der Waals surface area contributed by atoms with Gasteiger partial charge >= 0.3 is 11.6 Å². The van der Waals surface area contributed by atoms with Gasteiger partial charge in [0.05, 0.1) is 11.1 Å². The van der Waals surface area contributed by atoms with Crippen LogP contribution in [0.25, 0.3) is 0 Å². The average molecular weight is 337 g/mol. The van der Waals surface area contributed by atoms with Crippen LogP contribution in [0.2, 0.25) is 0 Å². The monoisotopic (exact) mass is 337 g/mol. The molecule has 0 bridgehead atoms. The van der Waals surface area contributed by atoms with Crippen molar-refractivity contribution >= 4 is 17.2 Å². The third-order valence-electron chi connectivity index (χ3n) is 3.59. The van der Waals surface area contributed by atoms with Crippen molar-refractivity contribution in [3.05, 3.63) is 70.3 Å². The van der Waals surface area contributed by atoms with E-state index in [1.54, 1.807) is 18.3 Å². The molecule has 0 aliphatic heterocycles. The number of benzene rings is 1. The van der Waals surface area contributed by atoms with Crippen LogP contribution in [0.3, 0.4) is 0 Å². The van der Waals surface area contributed by atoms with Gasteiger partial charge < -0.3 is 10.1 Å². The number of pyridine rings is 1. The van der Waals surface area contributed by atoms with Gasteiger partial charge in [-0.1, -0.05) is 6.07 Å². The molecule has 2 aromatic heterocycles. The lowest BCUT2D eigenvalue weighted by Crippen LogP contribution is -2.03. The molecule has 0 amide bonds. The van der Waals surface area contributed by atoms with Gasteiger partial charge in [0.2, 0.25) is 5.82 Å². The molecule has 8 heteroatoms. The third kappa shape index (κ3) is 3.69. The Labute approximate surface area is 143 Å². The normalized spacial score (nSPS) is 10.3. The maximum Gasteiger partial charge on any atom is 0.373 e. The summed E-state index contributed by atoms with van der Waals surface area (Å²) in [6, 6.07) is 8.95. The molecule has 3 aromatic rings. The van der Waals surface area contributed by atoms with Crippen LogP contribution in [0.5, 0.6) is 11.6 Å². The van der Waals surface area contributed by atoms with Gasteiger partial charge in [0.1, 0.15) is 12.1 Å². The molecule has 0 atom stereocenters. The zero-order valence-electron chi connectivity index (χ0n) is 13.6. The van der Waals surface area contributed by atoms with Gasteiger partial charge in [-0.3, -0.25) is 15.1 Å². The fourth-order valence-corrected chi connectivity index (χ4v) is 2.17. The molecule has 0 saturated carbocycles. The number of rotatable bonds is 5. The van der Waals surface area contributed by atoms with Crippen LogP contribution in [0.1, 0.15) is 11.1 Å². The number of nitrogens with one attached hydrogen (secondary N) is 1. The SMILES string of the molecule is Cc1ccc(Nc2ncnc(Oc3cccnc3)c2[N+](=O)[O-])cc1C. The number of nitrogens with zero attached hydrogens (tertiary/aromatic N) is 4. The minimum absolute atomic E-state index is 0.0575. The van der Waals surface area contributed by atoms with E-state index < -0.39 is 4.92 Å². The van der Waals surface area contributed by atoms with Crippen molar-refractivity contribution in [2.75, 3.05) is 5.32 Å². The van der Waals surface area contributed by atoms with E-state index in [4.69, 9.17) is 4.74 Å². The fourth-order valence-electron chi connectivity index (χ4n) is 2.17. The predicted octanol–water partition coefficient (Wildman–Crippen LogP) is 3.93. The molecule has 126 valence electrons. The molecule has 2 heterocycles. The minimum atomic E-state index is -0.574. The molecular formula is C17H15N5O3. The maximum atomic E-state index is 11.5. The Bertz CT molecular complexity index is 915. The van der Waals surface area contributed by atoms with Crippen molar-refractivity contribution in [2.24, 2.45) is 0 Å². The zero-order chi connectivity index (χ0) is 17.8. The summed E-state index contributed by atoms with van der Waals surface area (Å²) in [5, 5.41) is 14.5. The highest BCUT2D eigenvalue weighted by atomic mass is 16.6. The molecule has 8 nitrogen and oxygen atoms in total. The van der Waals surface area contributed by atoms with Crippen LogP contribution in [0.4, 0.5) is 17.2 Å². The van der Waals surface area contributed by atoms with Crippen LogP contribution >= 0.6 is 0 Å². The summed E-state index contributed by atoms with van der Waals surface area (Å²) >= 11 is 0. The summed E-state index contributed by atoms with van der Waals surface area (Å²) < 4.78 is 5.50. The first-order valence-corrected chi connectivity index (χ1v) is 7.46. The van der Waals surface area contributed by atoms with Crippen LogP contribution < -0.4 is 10.1 Å².